The average Bonchev–Trinajstić information content (AvgIpc) is 3.08. The molecule has 0 atom stereocenters. The van der Waals surface area contributed by atoms with Gasteiger partial charge < -0.3 is 20.1 Å². The molecule has 0 radical (unpaired) electrons. The fraction of sp³-hybridized carbons (Fsp3) is 0.778. The van der Waals surface area contributed by atoms with Crippen LogP contribution in [-0.4, -0.2) is 57.5 Å². The molecule has 0 aliphatic rings. The van der Waals surface area contributed by atoms with Gasteiger partial charge in [-0.1, -0.05) is 27.2 Å². The molecular formula is C18H34N4O2S. The van der Waals surface area contributed by atoms with Gasteiger partial charge in [0.2, 0.25) is 0 Å². The minimum absolute atomic E-state index is 0.498. The van der Waals surface area contributed by atoms with Crippen molar-refractivity contribution in [3.63, 3.8) is 0 Å². The number of guanidine groups is 1. The maximum atomic E-state index is 5.53. The minimum atomic E-state index is 0.498. The number of unbranched alkanes of at least 4 members (excludes halogenated alkanes) is 1. The summed E-state index contributed by atoms with van der Waals surface area (Å²) in [5.41, 5.74) is 1.14. The molecule has 0 saturated heterocycles. The van der Waals surface area contributed by atoms with Gasteiger partial charge in [0.25, 0.3) is 0 Å². The summed E-state index contributed by atoms with van der Waals surface area (Å²) >= 11 is 1.74. The first kappa shape index (κ1) is 21.9. The zero-order valence-electron chi connectivity index (χ0n) is 16.1. The van der Waals surface area contributed by atoms with E-state index in [9.17, 15) is 0 Å². The third-order valence-electron chi connectivity index (χ3n) is 3.51. The van der Waals surface area contributed by atoms with Crippen LogP contribution in [-0.2, 0) is 15.9 Å². The Hall–Kier alpha value is -1.18. The molecule has 2 N–H and O–H groups in total. The van der Waals surface area contributed by atoms with Crippen molar-refractivity contribution in [1.29, 1.82) is 0 Å². The van der Waals surface area contributed by atoms with Gasteiger partial charge in [-0.2, -0.15) is 0 Å². The van der Waals surface area contributed by atoms with Crippen LogP contribution in [0.25, 0.3) is 0 Å². The van der Waals surface area contributed by atoms with Crippen LogP contribution in [0.15, 0.2) is 10.4 Å². The van der Waals surface area contributed by atoms with E-state index in [-0.39, 0.29) is 0 Å². The summed E-state index contributed by atoms with van der Waals surface area (Å²) in [6.45, 7) is 10.8. The number of nitrogens with one attached hydrogen (secondary N) is 2. The van der Waals surface area contributed by atoms with E-state index in [1.807, 2.05) is 0 Å². The molecule has 7 heteroatoms. The molecule has 0 spiro atoms. The van der Waals surface area contributed by atoms with Gasteiger partial charge in [-0.15, -0.1) is 11.3 Å². The molecule has 6 nitrogen and oxygen atoms in total. The number of nitrogens with zero attached hydrogens (tertiary/aromatic N) is 2. The van der Waals surface area contributed by atoms with E-state index >= 15 is 0 Å². The minimum Gasteiger partial charge on any atom is -0.379 e. The molecule has 0 unspecified atom stereocenters. The topological polar surface area (TPSA) is 67.8 Å². The van der Waals surface area contributed by atoms with Gasteiger partial charge in [0.05, 0.1) is 30.5 Å². The van der Waals surface area contributed by atoms with E-state index in [0.717, 1.165) is 50.6 Å². The number of aromatic nitrogens is 1. The lowest BCUT2D eigenvalue weighted by atomic mass is 10.2. The smallest absolute Gasteiger partial charge is 0.191 e. The SMILES string of the molecule is CCCCOCCOCCNC(=NC)NCCc1csc(C(C)C)n1. The number of hydrogen-bond acceptors (Lipinski definition) is 5. The summed E-state index contributed by atoms with van der Waals surface area (Å²) in [7, 11) is 1.78. The summed E-state index contributed by atoms with van der Waals surface area (Å²) in [5, 5.41) is 9.90. The van der Waals surface area contributed by atoms with Crippen LogP contribution >= 0.6 is 11.3 Å². The van der Waals surface area contributed by atoms with Gasteiger partial charge in [0.1, 0.15) is 0 Å². The van der Waals surface area contributed by atoms with Crippen LogP contribution in [0.1, 0.15) is 50.2 Å². The average molecular weight is 371 g/mol. The third-order valence-corrected chi connectivity index (χ3v) is 4.71. The predicted molar refractivity (Wildman–Crippen MR) is 106 cm³/mol. The van der Waals surface area contributed by atoms with Gasteiger partial charge in [0, 0.05) is 44.5 Å². The van der Waals surface area contributed by atoms with Crippen molar-refractivity contribution in [2.24, 2.45) is 4.99 Å². The number of hydrogen-bond donors (Lipinski definition) is 2. The lowest BCUT2D eigenvalue weighted by Gasteiger charge is -2.11. The summed E-state index contributed by atoms with van der Waals surface area (Å²) in [6.07, 6.45) is 3.18. The Morgan fingerprint density at radius 3 is 2.52 bits per heavy atom. The summed E-state index contributed by atoms with van der Waals surface area (Å²) < 4.78 is 11.0. The number of rotatable bonds is 13. The van der Waals surface area contributed by atoms with E-state index in [1.54, 1.807) is 18.4 Å². The zero-order chi connectivity index (χ0) is 18.3. The first-order chi connectivity index (χ1) is 12.2. The van der Waals surface area contributed by atoms with Crippen molar-refractivity contribution >= 4 is 17.3 Å². The second-order valence-electron chi connectivity index (χ2n) is 6.09. The molecule has 25 heavy (non-hydrogen) atoms. The Morgan fingerprint density at radius 2 is 1.88 bits per heavy atom. The van der Waals surface area contributed by atoms with Gasteiger partial charge in [0.15, 0.2) is 5.96 Å². The van der Waals surface area contributed by atoms with Crippen LogP contribution in [0.3, 0.4) is 0 Å². The number of ether oxygens (including phenoxy) is 2. The Bertz CT molecular complexity index is 477. The standard InChI is InChI=1S/C18H34N4O2S/c1-5-6-10-23-12-13-24-11-9-21-18(19-4)20-8-7-16-14-25-17(22-16)15(2)3/h14-15H,5-13H2,1-4H3,(H2,19,20,21). The number of aliphatic imine (C=N–C) groups is 1. The Balaban J connectivity index is 2.04. The van der Waals surface area contributed by atoms with Crippen LogP contribution in [0.5, 0.6) is 0 Å². The maximum Gasteiger partial charge on any atom is 0.191 e. The monoisotopic (exact) mass is 370 g/mol. The lowest BCUT2D eigenvalue weighted by molar-refractivity contribution is 0.0487. The molecule has 1 rings (SSSR count). The molecule has 1 aromatic rings. The van der Waals surface area contributed by atoms with Gasteiger partial charge in [-0.3, -0.25) is 4.99 Å². The molecule has 1 heterocycles. The van der Waals surface area contributed by atoms with E-state index in [0.29, 0.717) is 25.7 Å². The second-order valence-corrected chi connectivity index (χ2v) is 6.98. The van der Waals surface area contributed by atoms with E-state index in [4.69, 9.17) is 9.47 Å². The summed E-state index contributed by atoms with van der Waals surface area (Å²) in [4.78, 5) is 8.86. The molecular weight excluding hydrogens is 336 g/mol. The molecule has 0 aliphatic carbocycles. The quantitative estimate of drug-likeness (QED) is 0.317. The van der Waals surface area contributed by atoms with E-state index in [1.165, 1.54) is 5.01 Å². The molecule has 0 saturated carbocycles. The van der Waals surface area contributed by atoms with Gasteiger partial charge >= 0.3 is 0 Å². The summed E-state index contributed by atoms with van der Waals surface area (Å²) in [5.74, 6) is 1.29. The Labute approximate surface area is 156 Å². The first-order valence-electron chi connectivity index (χ1n) is 9.21. The summed E-state index contributed by atoms with van der Waals surface area (Å²) in [6, 6.07) is 0. The van der Waals surface area contributed by atoms with Crippen molar-refractivity contribution in [2.75, 3.05) is 46.6 Å². The second kappa shape index (κ2) is 14.0. The van der Waals surface area contributed by atoms with Crippen molar-refractivity contribution in [2.45, 2.75) is 46.0 Å². The molecule has 0 bridgehead atoms. The molecule has 144 valence electrons. The normalized spacial score (nSPS) is 12.0. The fourth-order valence-corrected chi connectivity index (χ4v) is 2.91. The molecule has 0 aliphatic heterocycles. The van der Waals surface area contributed by atoms with Crippen LogP contribution in [0, 0.1) is 0 Å². The Kier molecular flexibility index (Phi) is 12.3. The highest BCUT2D eigenvalue weighted by Gasteiger charge is 2.05. The first-order valence-corrected chi connectivity index (χ1v) is 10.1. The van der Waals surface area contributed by atoms with Crippen LogP contribution in [0.4, 0.5) is 0 Å². The van der Waals surface area contributed by atoms with Crippen molar-refractivity contribution in [3.05, 3.63) is 16.1 Å². The van der Waals surface area contributed by atoms with Crippen molar-refractivity contribution in [1.82, 2.24) is 15.6 Å². The zero-order valence-corrected chi connectivity index (χ0v) is 17.0. The number of thiazole rings is 1. The van der Waals surface area contributed by atoms with E-state index < -0.39 is 0 Å². The lowest BCUT2D eigenvalue weighted by Crippen LogP contribution is -2.39. The molecule has 0 fully saturated rings. The molecule has 0 aromatic carbocycles. The van der Waals surface area contributed by atoms with Crippen molar-refractivity contribution in [3.8, 4) is 0 Å². The largest absolute Gasteiger partial charge is 0.379 e. The highest BCUT2D eigenvalue weighted by atomic mass is 32.1. The van der Waals surface area contributed by atoms with E-state index in [2.05, 4.69) is 46.8 Å². The molecule has 1 aromatic heterocycles. The Morgan fingerprint density at radius 1 is 1.16 bits per heavy atom. The maximum absolute atomic E-state index is 5.53. The van der Waals surface area contributed by atoms with Crippen LogP contribution < -0.4 is 10.6 Å². The van der Waals surface area contributed by atoms with Gasteiger partial charge in [-0.05, 0) is 6.42 Å². The predicted octanol–water partition coefficient (Wildman–Crippen LogP) is 2.81. The highest BCUT2D eigenvalue weighted by molar-refractivity contribution is 7.09. The van der Waals surface area contributed by atoms with Gasteiger partial charge in [-0.25, -0.2) is 4.98 Å². The fourth-order valence-electron chi connectivity index (χ4n) is 2.04. The van der Waals surface area contributed by atoms with Crippen molar-refractivity contribution < 1.29 is 9.47 Å². The molecule has 0 amide bonds. The van der Waals surface area contributed by atoms with Crippen LogP contribution in [0.2, 0.25) is 0 Å². The highest BCUT2D eigenvalue weighted by Crippen LogP contribution is 2.19. The third kappa shape index (κ3) is 10.4.